The van der Waals surface area contributed by atoms with Crippen LogP contribution in [-0.4, -0.2) is 59.1 Å². The van der Waals surface area contributed by atoms with E-state index in [1.54, 1.807) is 18.7 Å². The van der Waals surface area contributed by atoms with Gasteiger partial charge in [0.15, 0.2) is 0 Å². The number of hydrogen-bond donors (Lipinski definition) is 1. The molecule has 10 heteroatoms. The normalized spacial score (nSPS) is 20.0. The second-order valence-electron chi connectivity index (χ2n) is 10.0. The maximum absolute atomic E-state index is 13.4. The molecule has 2 aliphatic heterocycles. The Morgan fingerprint density at radius 1 is 0.838 bits per heavy atom. The zero-order valence-corrected chi connectivity index (χ0v) is 20.7. The molecule has 2 heterocycles. The molecule has 0 aromatic heterocycles. The van der Waals surface area contributed by atoms with Crippen LogP contribution in [0.1, 0.15) is 58.3 Å². The topological polar surface area (TPSA) is 43.8 Å². The highest BCUT2D eigenvalue weighted by Gasteiger charge is 2.37. The van der Waals surface area contributed by atoms with Crippen molar-refractivity contribution in [3.63, 3.8) is 0 Å². The molecule has 0 spiro atoms. The summed E-state index contributed by atoms with van der Waals surface area (Å²) in [5.41, 5.74) is -1.38. The van der Waals surface area contributed by atoms with E-state index in [0.717, 1.165) is 32.2 Å². The molecule has 2 aromatic carbocycles. The summed E-state index contributed by atoms with van der Waals surface area (Å²) in [7, 11) is 0. The van der Waals surface area contributed by atoms with Crippen LogP contribution in [0.2, 0.25) is 0 Å². The molecule has 1 amide bonds. The van der Waals surface area contributed by atoms with Gasteiger partial charge in [0.25, 0.3) is 5.91 Å². The second kappa shape index (κ2) is 10.3. The van der Waals surface area contributed by atoms with E-state index in [0.29, 0.717) is 48.0 Å². The predicted octanol–water partition coefficient (Wildman–Crippen LogP) is 6.07. The highest BCUT2D eigenvalue weighted by Crippen LogP contribution is 2.39. The number of piperidine rings is 1. The number of aliphatic hydroxyl groups excluding tert-OH is 1. The number of aliphatic hydroxyl groups is 1. The van der Waals surface area contributed by atoms with Crippen LogP contribution in [0.3, 0.4) is 0 Å². The van der Waals surface area contributed by atoms with Gasteiger partial charge in [0.1, 0.15) is 0 Å². The minimum absolute atomic E-state index is 0.107. The summed E-state index contributed by atoms with van der Waals surface area (Å²) in [6, 6.07) is 4.92. The van der Waals surface area contributed by atoms with Crippen molar-refractivity contribution >= 4 is 5.91 Å². The fraction of sp³-hybridized carbons (Fsp3) is 0.519. The third-order valence-electron chi connectivity index (χ3n) is 7.52. The van der Waals surface area contributed by atoms with E-state index >= 15 is 0 Å². The van der Waals surface area contributed by atoms with Crippen LogP contribution in [-0.2, 0) is 12.4 Å². The molecule has 4 nitrogen and oxygen atoms in total. The van der Waals surface area contributed by atoms with Gasteiger partial charge in [0.05, 0.1) is 17.7 Å². The molecular weight excluding hydrogens is 498 g/mol. The molecule has 0 aliphatic carbocycles. The molecule has 0 unspecified atom stereocenters. The minimum atomic E-state index is -4.94. The fourth-order valence-electron chi connectivity index (χ4n) is 5.68. The number of amides is 1. The van der Waals surface area contributed by atoms with Crippen LogP contribution in [0.15, 0.2) is 30.3 Å². The number of carbonyl (C=O) groups excluding carboxylic acids is 1. The highest BCUT2D eigenvalue weighted by molar-refractivity contribution is 5.98. The smallest absolute Gasteiger partial charge is 0.395 e. The average molecular weight is 529 g/mol. The van der Waals surface area contributed by atoms with Crippen molar-refractivity contribution in [2.24, 2.45) is 0 Å². The number of likely N-dealkylation sites (tertiary alicyclic amines) is 2. The zero-order valence-electron chi connectivity index (χ0n) is 20.7. The molecule has 2 aliphatic rings. The predicted molar refractivity (Wildman–Crippen MR) is 127 cm³/mol. The lowest BCUT2D eigenvalue weighted by molar-refractivity contribution is -0.143. The number of benzene rings is 2. The zero-order chi connectivity index (χ0) is 27.1. The van der Waals surface area contributed by atoms with Crippen molar-refractivity contribution in [3.05, 3.63) is 58.1 Å². The Hall–Kier alpha value is -2.59. The Kier molecular flexibility index (Phi) is 7.63. The Bertz CT molecular complexity index is 1100. The third-order valence-corrected chi connectivity index (χ3v) is 7.52. The fourth-order valence-corrected chi connectivity index (χ4v) is 5.68. The Morgan fingerprint density at radius 2 is 1.35 bits per heavy atom. The van der Waals surface area contributed by atoms with Gasteiger partial charge in [-0.2, -0.15) is 26.3 Å². The van der Waals surface area contributed by atoms with Crippen molar-refractivity contribution in [1.29, 1.82) is 0 Å². The first-order valence-electron chi connectivity index (χ1n) is 12.4. The van der Waals surface area contributed by atoms with E-state index in [-0.39, 0.29) is 35.7 Å². The standard InChI is InChI=1S/C27H30F6N2O2/c1-16-10-18(19-12-20(26(28,29)30)14-21(13-19)27(31,32)33)11-17(2)24(16)25(37)34-8-5-22(6-9-34)35-7-3-4-23(35)15-36/h10-14,22-23,36H,3-9,15H2,1-2H3/t23-/m0/s1. The lowest BCUT2D eigenvalue weighted by atomic mass is 9.92. The average Bonchev–Trinajstić information content (AvgIpc) is 3.31. The summed E-state index contributed by atoms with van der Waals surface area (Å²) in [5, 5.41) is 9.61. The molecule has 0 radical (unpaired) electrons. The van der Waals surface area contributed by atoms with Crippen molar-refractivity contribution in [1.82, 2.24) is 9.80 Å². The summed E-state index contributed by atoms with van der Waals surface area (Å²) < 4.78 is 79.9. The largest absolute Gasteiger partial charge is 0.416 e. The number of rotatable bonds is 4. The summed E-state index contributed by atoms with van der Waals surface area (Å²) in [5.74, 6) is -0.194. The number of aryl methyl sites for hydroxylation is 2. The summed E-state index contributed by atoms with van der Waals surface area (Å²) in [4.78, 5) is 17.5. The van der Waals surface area contributed by atoms with E-state index in [9.17, 15) is 36.2 Å². The Balaban J connectivity index is 1.57. The summed E-state index contributed by atoms with van der Waals surface area (Å²) in [6.07, 6.45) is -6.29. The second-order valence-corrected chi connectivity index (χ2v) is 10.0. The van der Waals surface area contributed by atoms with Crippen molar-refractivity contribution < 1.29 is 36.2 Å². The van der Waals surface area contributed by atoms with Crippen LogP contribution >= 0.6 is 0 Å². The molecule has 4 rings (SSSR count). The van der Waals surface area contributed by atoms with Gasteiger partial charge < -0.3 is 10.0 Å². The number of carbonyl (C=O) groups is 1. The van der Waals surface area contributed by atoms with Crippen LogP contribution in [0, 0.1) is 13.8 Å². The number of nitrogens with zero attached hydrogens (tertiary/aromatic N) is 2. The van der Waals surface area contributed by atoms with Crippen LogP contribution in [0.5, 0.6) is 0 Å². The first kappa shape index (κ1) is 27.4. The number of halogens is 6. The van der Waals surface area contributed by atoms with E-state index in [1.165, 1.54) is 12.1 Å². The van der Waals surface area contributed by atoms with Gasteiger partial charge in [-0.15, -0.1) is 0 Å². The molecule has 202 valence electrons. The third kappa shape index (κ3) is 5.80. The van der Waals surface area contributed by atoms with Gasteiger partial charge in [0, 0.05) is 30.7 Å². The number of hydrogen-bond acceptors (Lipinski definition) is 3. The van der Waals surface area contributed by atoms with Crippen LogP contribution < -0.4 is 0 Å². The van der Waals surface area contributed by atoms with Gasteiger partial charge in [-0.3, -0.25) is 9.69 Å². The van der Waals surface area contributed by atoms with Gasteiger partial charge >= 0.3 is 12.4 Å². The molecule has 1 N–H and O–H groups in total. The van der Waals surface area contributed by atoms with Crippen molar-refractivity contribution in [3.8, 4) is 11.1 Å². The molecule has 2 saturated heterocycles. The van der Waals surface area contributed by atoms with Gasteiger partial charge in [-0.05, 0) is 86.5 Å². The minimum Gasteiger partial charge on any atom is -0.395 e. The summed E-state index contributed by atoms with van der Waals surface area (Å²) >= 11 is 0. The first-order chi connectivity index (χ1) is 17.3. The summed E-state index contributed by atoms with van der Waals surface area (Å²) in [6.45, 7) is 5.44. The molecule has 0 bridgehead atoms. The van der Waals surface area contributed by atoms with Crippen LogP contribution in [0.25, 0.3) is 11.1 Å². The molecule has 2 aromatic rings. The Labute approximate surface area is 211 Å². The van der Waals surface area contributed by atoms with Gasteiger partial charge in [-0.1, -0.05) is 12.1 Å². The van der Waals surface area contributed by atoms with Crippen LogP contribution in [0.4, 0.5) is 26.3 Å². The molecule has 1 atom stereocenters. The van der Waals surface area contributed by atoms with Gasteiger partial charge in [0.2, 0.25) is 0 Å². The van der Waals surface area contributed by atoms with E-state index in [1.807, 2.05) is 0 Å². The van der Waals surface area contributed by atoms with E-state index in [2.05, 4.69) is 4.90 Å². The SMILES string of the molecule is Cc1cc(-c2cc(C(F)(F)F)cc(C(F)(F)F)c2)cc(C)c1C(=O)N1CCC(N2CCC[C@H]2CO)CC1. The maximum Gasteiger partial charge on any atom is 0.416 e. The van der Waals surface area contributed by atoms with Gasteiger partial charge in [-0.25, -0.2) is 0 Å². The molecule has 0 saturated carbocycles. The van der Waals surface area contributed by atoms with Crippen molar-refractivity contribution in [2.45, 2.75) is 64.0 Å². The van der Waals surface area contributed by atoms with Crippen molar-refractivity contribution in [2.75, 3.05) is 26.2 Å². The molecule has 37 heavy (non-hydrogen) atoms. The number of alkyl halides is 6. The first-order valence-corrected chi connectivity index (χ1v) is 12.4. The lowest BCUT2D eigenvalue weighted by Gasteiger charge is -2.39. The molecular formula is C27H30F6N2O2. The van der Waals surface area contributed by atoms with E-state index < -0.39 is 23.5 Å². The van der Waals surface area contributed by atoms with E-state index in [4.69, 9.17) is 0 Å². The lowest BCUT2D eigenvalue weighted by Crippen LogP contribution is -2.49. The maximum atomic E-state index is 13.4. The Morgan fingerprint density at radius 3 is 1.84 bits per heavy atom. The molecule has 2 fully saturated rings. The highest BCUT2D eigenvalue weighted by atomic mass is 19.4. The monoisotopic (exact) mass is 528 g/mol. The quantitative estimate of drug-likeness (QED) is 0.490.